The van der Waals surface area contributed by atoms with Crippen LogP contribution in [0.5, 0.6) is 0 Å². The highest BCUT2D eigenvalue weighted by Crippen LogP contribution is 2.24. The van der Waals surface area contributed by atoms with E-state index in [0.29, 0.717) is 18.1 Å². The SMILES string of the molecule is CC(C)(C)C(=O)NC1C[C@H]2CCC[C@H](C1)[NH+]2Cc1ccccc1. The van der Waals surface area contributed by atoms with Gasteiger partial charge in [-0.2, -0.15) is 0 Å². The van der Waals surface area contributed by atoms with Gasteiger partial charge in [-0.25, -0.2) is 0 Å². The molecule has 2 atom stereocenters. The highest BCUT2D eigenvalue weighted by Gasteiger charge is 2.42. The molecule has 0 unspecified atom stereocenters. The van der Waals surface area contributed by atoms with E-state index in [-0.39, 0.29) is 11.3 Å². The van der Waals surface area contributed by atoms with Crippen LogP contribution >= 0.6 is 0 Å². The van der Waals surface area contributed by atoms with Crippen LogP contribution in [-0.2, 0) is 11.3 Å². The minimum Gasteiger partial charge on any atom is -0.352 e. The van der Waals surface area contributed by atoms with E-state index in [1.165, 1.54) is 24.8 Å². The van der Waals surface area contributed by atoms with E-state index in [2.05, 4.69) is 35.6 Å². The van der Waals surface area contributed by atoms with E-state index < -0.39 is 0 Å². The minimum absolute atomic E-state index is 0.201. The molecule has 1 amide bonds. The van der Waals surface area contributed by atoms with Crippen molar-refractivity contribution in [3.05, 3.63) is 35.9 Å². The molecular weight excluding hydrogens is 284 g/mol. The van der Waals surface area contributed by atoms with Crippen molar-refractivity contribution in [3.63, 3.8) is 0 Å². The van der Waals surface area contributed by atoms with Gasteiger partial charge in [-0.05, 0) is 19.3 Å². The number of benzene rings is 1. The molecule has 0 radical (unpaired) electrons. The third-order valence-electron chi connectivity index (χ3n) is 5.56. The van der Waals surface area contributed by atoms with Crippen molar-refractivity contribution in [2.45, 2.75) is 77.5 Å². The molecule has 126 valence electrons. The second-order valence-corrected chi connectivity index (χ2v) is 8.45. The zero-order valence-corrected chi connectivity index (χ0v) is 14.8. The number of hydrogen-bond donors (Lipinski definition) is 2. The first-order chi connectivity index (χ1) is 10.9. The monoisotopic (exact) mass is 315 g/mol. The predicted molar refractivity (Wildman–Crippen MR) is 93.2 cm³/mol. The summed E-state index contributed by atoms with van der Waals surface area (Å²) in [5, 5.41) is 3.32. The summed E-state index contributed by atoms with van der Waals surface area (Å²) in [6.45, 7) is 7.13. The molecule has 2 aliphatic rings. The molecular formula is C20H31N2O+. The first kappa shape index (κ1) is 16.5. The summed E-state index contributed by atoms with van der Waals surface area (Å²) in [6.07, 6.45) is 6.25. The highest BCUT2D eigenvalue weighted by molar-refractivity contribution is 5.81. The number of carbonyl (C=O) groups excluding carboxylic acids is 1. The number of hydrogen-bond acceptors (Lipinski definition) is 1. The Balaban J connectivity index is 1.65. The van der Waals surface area contributed by atoms with Crippen molar-refractivity contribution >= 4 is 5.91 Å². The van der Waals surface area contributed by atoms with Crippen LogP contribution in [0.1, 0.15) is 58.4 Å². The third kappa shape index (κ3) is 3.95. The molecule has 1 aromatic carbocycles. The van der Waals surface area contributed by atoms with Gasteiger partial charge in [-0.15, -0.1) is 0 Å². The maximum absolute atomic E-state index is 12.3. The van der Waals surface area contributed by atoms with E-state index in [1.807, 2.05) is 20.8 Å². The Morgan fingerprint density at radius 2 is 1.74 bits per heavy atom. The number of nitrogens with one attached hydrogen (secondary N) is 2. The molecule has 0 spiro atoms. The minimum atomic E-state index is -0.289. The second-order valence-electron chi connectivity index (χ2n) is 8.45. The Labute approximate surface area is 140 Å². The normalized spacial score (nSPS) is 30.7. The summed E-state index contributed by atoms with van der Waals surface area (Å²) in [5.41, 5.74) is 1.15. The van der Waals surface area contributed by atoms with E-state index in [9.17, 15) is 4.79 Å². The fourth-order valence-corrected chi connectivity index (χ4v) is 4.28. The lowest BCUT2D eigenvalue weighted by atomic mass is 9.81. The summed E-state index contributed by atoms with van der Waals surface area (Å²) < 4.78 is 0. The van der Waals surface area contributed by atoms with E-state index in [1.54, 1.807) is 4.90 Å². The topological polar surface area (TPSA) is 33.5 Å². The van der Waals surface area contributed by atoms with Crippen molar-refractivity contribution in [1.82, 2.24) is 5.32 Å². The van der Waals surface area contributed by atoms with Crippen molar-refractivity contribution in [2.75, 3.05) is 0 Å². The Morgan fingerprint density at radius 3 is 2.30 bits per heavy atom. The molecule has 23 heavy (non-hydrogen) atoms. The van der Waals surface area contributed by atoms with Crippen LogP contribution in [0.3, 0.4) is 0 Å². The fraction of sp³-hybridized carbons (Fsp3) is 0.650. The number of fused-ring (bicyclic) bond motifs is 2. The fourth-order valence-electron chi connectivity index (χ4n) is 4.28. The summed E-state index contributed by atoms with van der Waals surface area (Å²) in [5.74, 6) is 0.201. The Morgan fingerprint density at radius 1 is 1.13 bits per heavy atom. The first-order valence-electron chi connectivity index (χ1n) is 9.14. The predicted octanol–water partition coefficient (Wildman–Crippen LogP) is 2.32. The molecule has 3 rings (SSSR count). The first-order valence-corrected chi connectivity index (χ1v) is 9.14. The van der Waals surface area contributed by atoms with Crippen LogP contribution in [0.15, 0.2) is 30.3 Å². The molecule has 3 nitrogen and oxygen atoms in total. The van der Waals surface area contributed by atoms with Crippen molar-refractivity contribution in [3.8, 4) is 0 Å². The van der Waals surface area contributed by atoms with Gasteiger partial charge >= 0.3 is 0 Å². The van der Waals surface area contributed by atoms with E-state index in [4.69, 9.17) is 0 Å². The van der Waals surface area contributed by atoms with Crippen LogP contribution in [0.2, 0.25) is 0 Å². The molecule has 0 aliphatic carbocycles. The number of amides is 1. The lowest BCUT2D eigenvalue weighted by Crippen LogP contribution is -3.20. The molecule has 2 heterocycles. The standard InChI is InChI=1S/C20H30N2O/c1-20(2,3)19(23)21-16-12-17-10-7-11-18(13-16)22(17)14-15-8-5-4-6-9-15/h4-6,8-9,16-18H,7,10-14H2,1-3H3,(H,21,23)/p+1/t17-,18-/m1/s1. The van der Waals surface area contributed by atoms with Crippen LogP contribution < -0.4 is 10.2 Å². The number of piperidine rings is 2. The smallest absolute Gasteiger partial charge is 0.225 e. The van der Waals surface area contributed by atoms with Gasteiger partial charge in [0.25, 0.3) is 0 Å². The molecule has 2 saturated heterocycles. The highest BCUT2D eigenvalue weighted by atomic mass is 16.2. The van der Waals surface area contributed by atoms with Gasteiger partial charge in [0.15, 0.2) is 0 Å². The van der Waals surface area contributed by atoms with Crippen molar-refractivity contribution < 1.29 is 9.69 Å². The van der Waals surface area contributed by atoms with E-state index >= 15 is 0 Å². The molecule has 2 fully saturated rings. The molecule has 2 bridgehead atoms. The lowest BCUT2D eigenvalue weighted by molar-refractivity contribution is -0.973. The zero-order chi connectivity index (χ0) is 16.4. The van der Waals surface area contributed by atoms with Gasteiger partial charge < -0.3 is 10.2 Å². The van der Waals surface area contributed by atoms with Crippen LogP contribution in [0, 0.1) is 5.41 Å². The Kier molecular flexibility index (Phi) is 4.77. The average molecular weight is 315 g/mol. The van der Waals surface area contributed by atoms with Crippen LogP contribution in [0.25, 0.3) is 0 Å². The Bertz CT molecular complexity index is 520. The summed E-state index contributed by atoms with van der Waals surface area (Å²) in [7, 11) is 0. The lowest BCUT2D eigenvalue weighted by Gasteiger charge is -2.46. The number of carbonyl (C=O) groups is 1. The van der Waals surface area contributed by atoms with Gasteiger partial charge in [0.1, 0.15) is 6.54 Å². The van der Waals surface area contributed by atoms with Gasteiger partial charge in [0.05, 0.1) is 12.1 Å². The molecule has 2 N–H and O–H groups in total. The molecule has 3 heteroatoms. The molecule has 2 aliphatic heterocycles. The van der Waals surface area contributed by atoms with Gasteiger partial charge in [0, 0.05) is 29.9 Å². The molecule has 0 saturated carbocycles. The quantitative estimate of drug-likeness (QED) is 0.882. The summed E-state index contributed by atoms with van der Waals surface area (Å²) in [6, 6.07) is 12.6. The number of rotatable bonds is 3. The van der Waals surface area contributed by atoms with Crippen molar-refractivity contribution in [2.24, 2.45) is 5.41 Å². The largest absolute Gasteiger partial charge is 0.352 e. The second kappa shape index (κ2) is 6.64. The summed E-state index contributed by atoms with van der Waals surface area (Å²) in [4.78, 5) is 14.1. The maximum atomic E-state index is 12.3. The van der Waals surface area contributed by atoms with Crippen LogP contribution in [-0.4, -0.2) is 24.0 Å². The molecule has 1 aromatic rings. The molecule has 0 aromatic heterocycles. The zero-order valence-electron chi connectivity index (χ0n) is 14.8. The van der Waals surface area contributed by atoms with Gasteiger partial charge in [-0.1, -0.05) is 51.1 Å². The maximum Gasteiger partial charge on any atom is 0.225 e. The van der Waals surface area contributed by atoms with E-state index in [0.717, 1.165) is 19.4 Å². The van der Waals surface area contributed by atoms with Crippen LogP contribution in [0.4, 0.5) is 0 Å². The number of quaternary nitrogens is 1. The van der Waals surface area contributed by atoms with Gasteiger partial charge in [-0.3, -0.25) is 4.79 Å². The Hall–Kier alpha value is -1.35. The average Bonchev–Trinajstić information content (AvgIpc) is 2.48. The van der Waals surface area contributed by atoms with Crippen molar-refractivity contribution in [1.29, 1.82) is 0 Å². The third-order valence-corrected chi connectivity index (χ3v) is 5.56. The van der Waals surface area contributed by atoms with Gasteiger partial charge in [0.2, 0.25) is 5.91 Å². The summed E-state index contributed by atoms with van der Waals surface area (Å²) >= 11 is 0.